The number of nitrogens with one attached hydrogen (secondary N) is 2. The van der Waals surface area contributed by atoms with Gasteiger partial charge in [-0.25, -0.2) is 4.98 Å². The quantitative estimate of drug-likeness (QED) is 0.612. The fraction of sp³-hybridized carbons (Fsp3) is 0.158. The van der Waals surface area contributed by atoms with Crippen LogP contribution in [0.1, 0.15) is 0 Å². The van der Waals surface area contributed by atoms with Gasteiger partial charge in [0, 0.05) is 34.7 Å². The number of halogens is 1. The summed E-state index contributed by atoms with van der Waals surface area (Å²) in [5, 5.41) is 6.96. The van der Waals surface area contributed by atoms with Crippen LogP contribution in [0.3, 0.4) is 0 Å². The van der Waals surface area contributed by atoms with Gasteiger partial charge < -0.3 is 24.8 Å². The van der Waals surface area contributed by atoms with Crippen molar-refractivity contribution in [2.75, 3.05) is 32.0 Å². The molecule has 2 N–H and O–H groups in total. The Morgan fingerprint density at radius 2 is 1.59 bits per heavy atom. The van der Waals surface area contributed by atoms with Gasteiger partial charge in [0.1, 0.15) is 5.82 Å². The molecule has 0 bridgehead atoms. The zero-order valence-electron chi connectivity index (χ0n) is 15.1. The maximum Gasteiger partial charge on any atom is 0.229 e. The molecule has 0 amide bonds. The lowest BCUT2D eigenvalue weighted by atomic mass is 10.2. The van der Waals surface area contributed by atoms with Gasteiger partial charge in [0.25, 0.3) is 0 Å². The molecule has 0 spiro atoms. The minimum absolute atomic E-state index is 0.440. The summed E-state index contributed by atoms with van der Waals surface area (Å²) in [6.45, 7) is 0. The van der Waals surface area contributed by atoms with Crippen molar-refractivity contribution in [1.29, 1.82) is 0 Å². The molecule has 0 aliphatic heterocycles. The Kier molecular flexibility index (Phi) is 5.83. The highest BCUT2D eigenvalue weighted by atomic mass is 35.5. The number of rotatable bonds is 7. The van der Waals surface area contributed by atoms with Gasteiger partial charge in [0.05, 0.1) is 21.3 Å². The summed E-state index contributed by atoms with van der Waals surface area (Å²) in [4.78, 5) is 8.68. The molecule has 27 heavy (non-hydrogen) atoms. The van der Waals surface area contributed by atoms with Gasteiger partial charge in [0.15, 0.2) is 11.5 Å². The molecule has 0 fully saturated rings. The molecule has 7 nitrogen and oxygen atoms in total. The maximum absolute atomic E-state index is 6.00. The second-order valence-corrected chi connectivity index (χ2v) is 5.88. The summed E-state index contributed by atoms with van der Waals surface area (Å²) in [7, 11) is 4.70. The molecule has 1 aromatic heterocycles. The van der Waals surface area contributed by atoms with E-state index in [2.05, 4.69) is 20.6 Å². The SMILES string of the molecule is COc1cc(Nc2ccnc(Nc3cccc(Cl)c3)n2)cc(OC)c1OC. The van der Waals surface area contributed by atoms with Crippen LogP contribution < -0.4 is 24.8 Å². The van der Waals surface area contributed by atoms with E-state index in [0.29, 0.717) is 34.0 Å². The normalized spacial score (nSPS) is 10.2. The van der Waals surface area contributed by atoms with Crippen LogP contribution in [0.15, 0.2) is 48.7 Å². The van der Waals surface area contributed by atoms with Crippen LogP contribution in [0.4, 0.5) is 23.1 Å². The minimum atomic E-state index is 0.440. The van der Waals surface area contributed by atoms with Gasteiger partial charge in [-0.1, -0.05) is 17.7 Å². The molecule has 0 saturated heterocycles. The minimum Gasteiger partial charge on any atom is -0.493 e. The van der Waals surface area contributed by atoms with Crippen molar-refractivity contribution in [3.8, 4) is 17.2 Å². The Balaban J connectivity index is 1.84. The van der Waals surface area contributed by atoms with E-state index in [9.17, 15) is 0 Å². The van der Waals surface area contributed by atoms with Crippen LogP contribution in [0, 0.1) is 0 Å². The number of nitrogens with zero attached hydrogens (tertiary/aromatic N) is 2. The number of hydrogen-bond acceptors (Lipinski definition) is 7. The molecule has 2 aromatic carbocycles. The van der Waals surface area contributed by atoms with E-state index < -0.39 is 0 Å². The zero-order chi connectivity index (χ0) is 19.2. The number of benzene rings is 2. The van der Waals surface area contributed by atoms with Crippen LogP contribution in [-0.4, -0.2) is 31.3 Å². The molecule has 8 heteroatoms. The summed E-state index contributed by atoms with van der Waals surface area (Å²) in [5.74, 6) is 2.66. The topological polar surface area (TPSA) is 77.5 Å². The molecular weight excluding hydrogens is 368 g/mol. The molecule has 140 valence electrons. The predicted molar refractivity (Wildman–Crippen MR) is 106 cm³/mol. The van der Waals surface area contributed by atoms with E-state index in [1.165, 1.54) is 0 Å². The van der Waals surface area contributed by atoms with Crippen LogP contribution in [0.25, 0.3) is 0 Å². The second kappa shape index (κ2) is 8.46. The van der Waals surface area contributed by atoms with Crippen LogP contribution in [-0.2, 0) is 0 Å². The number of ether oxygens (including phenoxy) is 3. The van der Waals surface area contributed by atoms with Crippen LogP contribution in [0.5, 0.6) is 17.2 Å². The Morgan fingerprint density at radius 3 is 2.22 bits per heavy atom. The third kappa shape index (κ3) is 4.51. The van der Waals surface area contributed by atoms with Gasteiger partial charge in [-0.05, 0) is 24.3 Å². The summed E-state index contributed by atoms with van der Waals surface area (Å²) in [6, 6.07) is 12.7. The van der Waals surface area contributed by atoms with E-state index in [1.54, 1.807) is 57.9 Å². The molecule has 1 heterocycles. The van der Waals surface area contributed by atoms with Crippen molar-refractivity contribution in [2.24, 2.45) is 0 Å². The van der Waals surface area contributed by atoms with Crippen molar-refractivity contribution in [1.82, 2.24) is 9.97 Å². The molecule has 0 unspecified atom stereocenters. The van der Waals surface area contributed by atoms with Crippen molar-refractivity contribution < 1.29 is 14.2 Å². The second-order valence-electron chi connectivity index (χ2n) is 5.44. The van der Waals surface area contributed by atoms with Crippen molar-refractivity contribution >= 4 is 34.7 Å². The highest BCUT2D eigenvalue weighted by Gasteiger charge is 2.13. The zero-order valence-corrected chi connectivity index (χ0v) is 15.9. The Bertz CT molecular complexity index is 911. The first-order chi connectivity index (χ1) is 13.1. The predicted octanol–water partition coefficient (Wildman–Crippen LogP) is 4.64. The highest BCUT2D eigenvalue weighted by molar-refractivity contribution is 6.30. The molecule has 0 aliphatic carbocycles. The van der Waals surface area contributed by atoms with Gasteiger partial charge in [-0.15, -0.1) is 0 Å². The largest absolute Gasteiger partial charge is 0.493 e. The molecule has 0 radical (unpaired) electrons. The molecule has 3 rings (SSSR count). The smallest absolute Gasteiger partial charge is 0.229 e. The van der Waals surface area contributed by atoms with Crippen molar-refractivity contribution in [3.63, 3.8) is 0 Å². The average molecular weight is 387 g/mol. The lowest BCUT2D eigenvalue weighted by molar-refractivity contribution is 0.324. The fourth-order valence-electron chi connectivity index (χ4n) is 2.49. The van der Waals surface area contributed by atoms with E-state index in [-0.39, 0.29) is 0 Å². The molecular formula is C19H19ClN4O3. The van der Waals surface area contributed by atoms with Crippen LogP contribution in [0.2, 0.25) is 5.02 Å². The third-order valence-electron chi connectivity index (χ3n) is 3.67. The first kappa shape index (κ1) is 18.6. The van der Waals surface area contributed by atoms with Crippen molar-refractivity contribution in [3.05, 3.63) is 53.7 Å². The van der Waals surface area contributed by atoms with Gasteiger partial charge in [-0.2, -0.15) is 4.98 Å². The molecule has 3 aromatic rings. The van der Waals surface area contributed by atoms with Gasteiger partial charge in [-0.3, -0.25) is 0 Å². The molecule has 0 saturated carbocycles. The number of aromatic nitrogens is 2. The monoisotopic (exact) mass is 386 g/mol. The number of methoxy groups -OCH3 is 3. The lowest BCUT2D eigenvalue weighted by Gasteiger charge is -2.15. The first-order valence-corrected chi connectivity index (χ1v) is 8.43. The first-order valence-electron chi connectivity index (χ1n) is 8.05. The summed E-state index contributed by atoms with van der Waals surface area (Å²) >= 11 is 6.00. The van der Waals surface area contributed by atoms with E-state index in [4.69, 9.17) is 25.8 Å². The van der Waals surface area contributed by atoms with E-state index in [1.807, 2.05) is 12.1 Å². The van der Waals surface area contributed by atoms with Gasteiger partial charge >= 0.3 is 0 Å². The third-order valence-corrected chi connectivity index (χ3v) is 3.91. The summed E-state index contributed by atoms with van der Waals surface area (Å²) in [5.41, 5.74) is 1.53. The Labute approximate surface area is 162 Å². The average Bonchev–Trinajstić information content (AvgIpc) is 2.67. The maximum atomic E-state index is 6.00. The number of anilines is 4. The standard InChI is InChI=1S/C19H19ClN4O3/c1-25-15-10-14(11-16(26-2)18(15)27-3)22-17-7-8-21-19(24-17)23-13-6-4-5-12(20)9-13/h4-11H,1-3H3,(H2,21,22,23,24). The molecule has 0 aliphatic rings. The van der Waals surface area contributed by atoms with Crippen LogP contribution >= 0.6 is 11.6 Å². The molecule has 0 atom stereocenters. The lowest BCUT2D eigenvalue weighted by Crippen LogP contribution is -2.01. The number of hydrogen-bond donors (Lipinski definition) is 2. The Morgan fingerprint density at radius 1 is 0.852 bits per heavy atom. The van der Waals surface area contributed by atoms with E-state index in [0.717, 1.165) is 11.4 Å². The summed E-state index contributed by atoms with van der Waals surface area (Å²) in [6.07, 6.45) is 1.65. The fourth-order valence-corrected chi connectivity index (χ4v) is 2.68. The Hall–Kier alpha value is -3.19. The summed E-state index contributed by atoms with van der Waals surface area (Å²) < 4.78 is 16.1. The van der Waals surface area contributed by atoms with E-state index >= 15 is 0 Å². The highest BCUT2D eigenvalue weighted by Crippen LogP contribution is 2.40. The van der Waals surface area contributed by atoms with Crippen molar-refractivity contribution in [2.45, 2.75) is 0 Å². The van der Waals surface area contributed by atoms with Gasteiger partial charge in [0.2, 0.25) is 11.7 Å².